The van der Waals surface area contributed by atoms with Gasteiger partial charge in [-0.1, -0.05) is 49.7 Å². The van der Waals surface area contributed by atoms with E-state index in [1.807, 2.05) is 56.3 Å². The number of nitrogens with zero attached hydrogens (tertiary/aromatic N) is 2. The highest BCUT2D eigenvalue weighted by molar-refractivity contribution is 6.30. The number of hydrogen-bond acceptors (Lipinski definition) is 4. The highest BCUT2D eigenvalue weighted by atomic mass is 35.5. The maximum Gasteiger partial charge on any atom is 0.240 e. The van der Waals surface area contributed by atoms with Crippen LogP contribution in [0.1, 0.15) is 56.0 Å². The summed E-state index contributed by atoms with van der Waals surface area (Å²) >= 11 is 6.00. The van der Waals surface area contributed by atoms with Gasteiger partial charge in [0.05, 0.1) is 17.9 Å². The second kappa shape index (κ2) is 9.63. The molecule has 33 heavy (non-hydrogen) atoms. The third kappa shape index (κ3) is 5.01. The second-order valence-corrected chi connectivity index (χ2v) is 8.92. The minimum absolute atomic E-state index is 0.0704. The number of hydrazone groups is 1. The Morgan fingerprint density at radius 3 is 2.36 bits per heavy atom. The van der Waals surface area contributed by atoms with E-state index in [4.69, 9.17) is 16.0 Å². The van der Waals surface area contributed by atoms with Crippen LogP contribution in [0, 0.1) is 5.92 Å². The van der Waals surface area contributed by atoms with E-state index in [-0.39, 0.29) is 29.7 Å². The van der Waals surface area contributed by atoms with E-state index in [0.717, 1.165) is 16.8 Å². The summed E-state index contributed by atoms with van der Waals surface area (Å²) in [4.78, 5) is 25.1. The first kappa shape index (κ1) is 22.8. The largest absolute Gasteiger partial charge is 0.467 e. The number of carbonyl (C=O) groups is 2. The standard InChI is InChI=1S/C26H26ClN3O3/c1-16(2)25(19-6-10-20(27)11-7-19)26(32)28-21-12-8-18(9-13-21)22-15-23(24-5-4-14-33-24)30(29-22)17(3)31/h4-14,16,23,25H,15H2,1-3H3,(H,28,32). The van der Waals surface area contributed by atoms with Gasteiger partial charge in [0, 0.05) is 24.1 Å². The zero-order chi connectivity index (χ0) is 23.5. The fourth-order valence-electron chi connectivity index (χ4n) is 4.15. The Hall–Kier alpha value is -3.38. The maximum atomic E-state index is 13.1. The number of furan rings is 1. The van der Waals surface area contributed by atoms with Gasteiger partial charge < -0.3 is 9.73 Å². The van der Waals surface area contributed by atoms with Crippen LogP contribution < -0.4 is 5.32 Å². The lowest BCUT2D eigenvalue weighted by Crippen LogP contribution is -2.25. The van der Waals surface area contributed by atoms with Crippen LogP contribution in [0.15, 0.2) is 76.4 Å². The van der Waals surface area contributed by atoms with Crippen molar-refractivity contribution < 1.29 is 14.0 Å². The monoisotopic (exact) mass is 463 g/mol. The molecule has 2 unspecified atom stereocenters. The summed E-state index contributed by atoms with van der Waals surface area (Å²) in [5.41, 5.74) is 3.32. The normalized spacial score (nSPS) is 16.6. The molecule has 0 saturated heterocycles. The molecule has 1 N–H and O–H groups in total. The first-order valence-electron chi connectivity index (χ1n) is 10.9. The summed E-state index contributed by atoms with van der Waals surface area (Å²) in [6, 6.07) is 18.3. The molecule has 170 valence electrons. The molecule has 2 aromatic carbocycles. The van der Waals surface area contributed by atoms with Crippen molar-refractivity contribution in [3.05, 3.63) is 88.8 Å². The number of rotatable bonds is 6. The van der Waals surface area contributed by atoms with E-state index in [1.54, 1.807) is 24.5 Å². The highest BCUT2D eigenvalue weighted by Gasteiger charge is 2.33. The van der Waals surface area contributed by atoms with Crippen molar-refractivity contribution in [2.24, 2.45) is 11.0 Å². The second-order valence-electron chi connectivity index (χ2n) is 8.49. The molecule has 0 fully saturated rings. The van der Waals surface area contributed by atoms with E-state index >= 15 is 0 Å². The lowest BCUT2D eigenvalue weighted by Gasteiger charge is -2.21. The molecule has 4 rings (SSSR count). The van der Waals surface area contributed by atoms with Crippen LogP contribution in [0.25, 0.3) is 0 Å². The molecule has 0 saturated carbocycles. The van der Waals surface area contributed by atoms with Gasteiger partial charge in [-0.3, -0.25) is 9.59 Å². The van der Waals surface area contributed by atoms with Crippen molar-refractivity contribution in [1.29, 1.82) is 0 Å². The van der Waals surface area contributed by atoms with Crippen LogP contribution in [-0.4, -0.2) is 22.5 Å². The van der Waals surface area contributed by atoms with Crippen LogP contribution in [0.5, 0.6) is 0 Å². The third-order valence-corrected chi connectivity index (χ3v) is 6.02. The fraction of sp³-hybridized carbons (Fsp3) is 0.269. The molecule has 1 aliphatic heterocycles. The smallest absolute Gasteiger partial charge is 0.240 e. The number of benzene rings is 2. The molecular formula is C26H26ClN3O3. The molecule has 1 aliphatic rings. The minimum Gasteiger partial charge on any atom is -0.467 e. The first-order valence-corrected chi connectivity index (χ1v) is 11.3. The average Bonchev–Trinajstić information content (AvgIpc) is 3.45. The Balaban J connectivity index is 1.49. The van der Waals surface area contributed by atoms with Crippen LogP contribution in [-0.2, 0) is 9.59 Å². The summed E-state index contributed by atoms with van der Waals surface area (Å²) in [6.45, 7) is 5.54. The number of anilines is 1. The zero-order valence-electron chi connectivity index (χ0n) is 18.8. The molecule has 2 atom stereocenters. The minimum atomic E-state index is -0.292. The van der Waals surface area contributed by atoms with Crippen molar-refractivity contribution in [1.82, 2.24) is 5.01 Å². The van der Waals surface area contributed by atoms with Crippen LogP contribution in [0.3, 0.4) is 0 Å². The van der Waals surface area contributed by atoms with E-state index < -0.39 is 0 Å². The van der Waals surface area contributed by atoms with Gasteiger partial charge in [-0.05, 0) is 53.4 Å². The van der Waals surface area contributed by atoms with Gasteiger partial charge in [0.2, 0.25) is 11.8 Å². The summed E-state index contributed by atoms with van der Waals surface area (Å²) < 4.78 is 5.51. The Bertz CT molecular complexity index is 1150. The molecule has 7 heteroatoms. The number of amides is 2. The zero-order valence-corrected chi connectivity index (χ0v) is 19.5. The van der Waals surface area contributed by atoms with Crippen molar-refractivity contribution >= 4 is 34.8 Å². The van der Waals surface area contributed by atoms with Crippen molar-refractivity contribution in [2.45, 2.75) is 39.2 Å². The molecule has 3 aromatic rings. The van der Waals surface area contributed by atoms with Gasteiger partial charge in [-0.15, -0.1) is 0 Å². The molecule has 0 aliphatic carbocycles. The van der Waals surface area contributed by atoms with Crippen molar-refractivity contribution in [3.63, 3.8) is 0 Å². The van der Waals surface area contributed by atoms with Crippen LogP contribution in [0.4, 0.5) is 5.69 Å². The third-order valence-electron chi connectivity index (χ3n) is 5.77. The highest BCUT2D eigenvalue weighted by Crippen LogP contribution is 2.33. The van der Waals surface area contributed by atoms with Crippen molar-refractivity contribution in [2.75, 3.05) is 5.32 Å². The van der Waals surface area contributed by atoms with Gasteiger partial charge in [-0.25, -0.2) is 5.01 Å². The Kier molecular flexibility index (Phi) is 6.65. The number of carbonyl (C=O) groups excluding carboxylic acids is 2. The lowest BCUT2D eigenvalue weighted by atomic mass is 9.87. The topological polar surface area (TPSA) is 74.9 Å². The summed E-state index contributed by atoms with van der Waals surface area (Å²) in [6.07, 6.45) is 2.16. The van der Waals surface area contributed by atoms with Gasteiger partial charge in [-0.2, -0.15) is 5.10 Å². The predicted octanol–water partition coefficient (Wildman–Crippen LogP) is 6.01. The van der Waals surface area contributed by atoms with Crippen molar-refractivity contribution in [3.8, 4) is 0 Å². The van der Waals surface area contributed by atoms with Crippen LogP contribution in [0.2, 0.25) is 5.02 Å². The molecule has 0 spiro atoms. The van der Waals surface area contributed by atoms with Crippen LogP contribution >= 0.6 is 11.6 Å². The molecule has 6 nitrogen and oxygen atoms in total. The number of halogens is 1. The Labute approximate surface area is 198 Å². The SMILES string of the molecule is CC(=O)N1N=C(c2ccc(NC(=O)C(c3ccc(Cl)cc3)C(C)C)cc2)CC1c1ccco1. The molecule has 0 bridgehead atoms. The Morgan fingerprint density at radius 1 is 1.09 bits per heavy atom. The fourth-order valence-corrected chi connectivity index (χ4v) is 4.28. The van der Waals surface area contributed by atoms with Gasteiger partial charge in [0.25, 0.3) is 0 Å². The summed E-state index contributed by atoms with van der Waals surface area (Å²) in [7, 11) is 0. The first-order chi connectivity index (χ1) is 15.8. The van der Waals surface area contributed by atoms with E-state index in [0.29, 0.717) is 22.9 Å². The number of hydrogen-bond donors (Lipinski definition) is 1. The summed E-state index contributed by atoms with van der Waals surface area (Å²) in [5, 5.41) is 9.65. The molecule has 2 heterocycles. The average molecular weight is 464 g/mol. The molecule has 1 aromatic heterocycles. The number of nitrogens with one attached hydrogen (secondary N) is 1. The molecular weight excluding hydrogens is 438 g/mol. The van der Waals surface area contributed by atoms with Gasteiger partial charge in [0.15, 0.2) is 0 Å². The van der Waals surface area contributed by atoms with Gasteiger partial charge >= 0.3 is 0 Å². The van der Waals surface area contributed by atoms with Gasteiger partial charge in [0.1, 0.15) is 11.8 Å². The molecule has 2 amide bonds. The molecule has 0 radical (unpaired) electrons. The quantitative estimate of drug-likeness (QED) is 0.486. The lowest BCUT2D eigenvalue weighted by molar-refractivity contribution is -0.130. The van der Waals surface area contributed by atoms with E-state index in [2.05, 4.69) is 10.4 Å². The van der Waals surface area contributed by atoms with E-state index in [9.17, 15) is 9.59 Å². The van der Waals surface area contributed by atoms with E-state index in [1.165, 1.54) is 11.9 Å². The summed E-state index contributed by atoms with van der Waals surface area (Å²) in [5.74, 6) is 0.319. The Morgan fingerprint density at radius 2 is 1.79 bits per heavy atom. The maximum absolute atomic E-state index is 13.1. The predicted molar refractivity (Wildman–Crippen MR) is 129 cm³/mol.